The van der Waals surface area contributed by atoms with Gasteiger partial charge >= 0.3 is 0 Å². The Morgan fingerprint density at radius 2 is 1.91 bits per heavy atom. The van der Waals surface area contributed by atoms with Crippen LogP contribution in [0.3, 0.4) is 0 Å². The van der Waals surface area contributed by atoms with E-state index < -0.39 is 0 Å². The maximum absolute atomic E-state index is 10.6. The van der Waals surface area contributed by atoms with Crippen LogP contribution in [0, 0.1) is 5.92 Å². The molecule has 0 aromatic carbocycles. The van der Waals surface area contributed by atoms with E-state index in [2.05, 4.69) is 20.8 Å². The maximum atomic E-state index is 10.6. The molecule has 2 heteroatoms. The van der Waals surface area contributed by atoms with Gasteiger partial charge in [0.2, 0.25) is 0 Å². The van der Waals surface area contributed by atoms with Crippen molar-refractivity contribution in [1.29, 1.82) is 0 Å². The van der Waals surface area contributed by atoms with Gasteiger partial charge in [-0.3, -0.25) is 4.57 Å². The zero-order valence-electron chi connectivity index (χ0n) is 7.84. The van der Waals surface area contributed by atoms with Crippen molar-refractivity contribution >= 4 is 8.46 Å². The van der Waals surface area contributed by atoms with Crippen LogP contribution in [0.15, 0.2) is 0 Å². The molecule has 0 aliphatic rings. The molecule has 0 amide bonds. The minimum atomic E-state index is 0.334. The van der Waals surface area contributed by atoms with E-state index in [1.807, 2.05) is 0 Å². The highest BCUT2D eigenvalue weighted by atomic mass is 31.1. The number of rotatable bonds is 6. The van der Waals surface area contributed by atoms with Crippen LogP contribution in [-0.4, -0.2) is 5.66 Å². The second-order valence-electron chi connectivity index (χ2n) is 3.41. The lowest BCUT2D eigenvalue weighted by atomic mass is 10.0. The fraction of sp³-hybridized carbons (Fsp3) is 1.00. The van der Waals surface area contributed by atoms with Gasteiger partial charge in [0.1, 0.15) is 0 Å². The van der Waals surface area contributed by atoms with E-state index in [0.717, 1.165) is 6.42 Å². The zero-order valence-corrected chi connectivity index (χ0v) is 8.73. The Labute approximate surface area is 71.8 Å². The Kier molecular flexibility index (Phi) is 6.85. The Hall–Kier alpha value is 0.100. The molecule has 0 aliphatic carbocycles. The first-order chi connectivity index (χ1) is 5.22. The molecule has 1 nitrogen and oxygen atoms in total. The summed E-state index contributed by atoms with van der Waals surface area (Å²) in [5.74, 6) is 0.561. The molecule has 0 aliphatic heterocycles. The average Bonchev–Trinajstić information content (AvgIpc) is 1.97. The molecule has 66 valence electrons. The molecule has 0 saturated carbocycles. The Balaban J connectivity index is 3.44. The van der Waals surface area contributed by atoms with E-state index in [1.165, 1.54) is 19.3 Å². The molecule has 0 heterocycles. The molecule has 11 heavy (non-hydrogen) atoms. The highest BCUT2D eigenvalue weighted by molar-refractivity contribution is 7.24. The van der Waals surface area contributed by atoms with Crippen molar-refractivity contribution in [1.82, 2.24) is 0 Å². The third kappa shape index (κ3) is 5.38. The van der Waals surface area contributed by atoms with Crippen molar-refractivity contribution in [2.24, 2.45) is 5.92 Å². The molecular weight excluding hydrogens is 155 g/mol. The fourth-order valence-corrected chi connectivity index (χ4v) is 1.64. The van der Waals surface area contributed by atoms with Crippen LogP contribution in [0.25, 0.3) is 0 Å². The van der Waals surface area contributed by atoms with E-state index in [9.17, 15) is 4.57 Å². The lowest BCUT2D eigenvalue weighted by Gasteiger charge is -2.11. The van der Waals surface area contributed by atoms with Gasteiger partial charge in [0.15, 0.2) is 8.46 Å². The summed E-state index contributed by atoms with van der Waals surface area (Å²) in [5.41, 5.74) is 0.390. The third-order valence-corrected chi connectivity index (χ3v) is 3.13. The van der Waals surface area contributed by atoms with Crippen LogP contribution in [-0.2, 0) is 4.57 Å². The normalized spacial score (nSPS) is 14.2. The summed E-state index contributed by atoms with van der Waals surface area (Å²) in [6.07, 6.45) is 4.88. The predicted octanol–water partition coefficient (Wildman–Crippen LogP) is 3.88. The molecule has 0 aromatic heterocycles. The number of hydrogen-bond donors (Lipinski definition) is 0. The molecule has 0 spiro atoms. The SMILES string of the molecule is CCCCCC(P=O)C(C)C. The zero-order chi connectivity index (χ0) is 8.69. The van der Waals surface area contributed by atoms with Crippen LogP contribution < -0.4 is 0 Å². The standard InChI is InChI=1S/C9H19OP/c1-4-5-6-7-9(11-10)8(2)3/h8-9H,4-7H2,1-3H3. The van der Waals surface area contributed by atoms with Crippen LogP contribution in [0.5, 0.6) is 0 Å². The van der Waals surface area contributed by atoms with Crippen LogP contribution in [0.1, 0.15) is 46.5 Å². The van der Waals surface area contributed by atoms with Gasteiger partial charge in [-0.1, -0.05) is 40.0 Å². The van der Waals surface area contributed by atoms with Crippen LogP contribution in [0.2, 0.25) is 0 Å². The molecule has 0 fully saturated rings. The van der Waals surface area contributed by atoms with Crippen molar-refractivity contribution in [3.8, 4) is 0 Å². The van der Waals surface area contributed by atoms with Crippen molar-refractivity contribution < 1.29 is 4.57 Å². The Bertz CT molecular complexity index is 102. The largest absolute Gasteiger partial charge is 0.275 e. The smallest absolute Gasteiger partial charge is 0.158 e. The minimum Gasteiger partial charge on any atom is -0.275 e. The molecular formula is C9H19OP. The van der Waals surface area contributed by atoms with Gasteiger partial charge in [-0.15, -0.1) is 0 Å². The molecule has 0 saturated heterocycles. The van der Waals surface area contributed by atoms with Crippen molar-refractivity contribution in [3.63, 3.8) is 0 Å². The summed E-state index contributed by atoms with van der Waals surface area (Å²) >= 11 is 0. The molecule has 0 aromatic rings. The van der Waals surface area contributed by atoms with E-state index in [0.29, 0.717) is 20.0 Å². The summed E-state index contributed by atoms with van der Waals surface area (Å²) in [4.78, 5) is 0. The van der Waals surface area contributed by atoms with E-state index in [-0.39, 0.29) is 0 Å². The van der Waals surface area contributed by atoms with Crippen molar-refractivity contribution in [3.05, 3.63) is 0 Å². The number of unbranched alkanes of at least 4 members (excludes halogenated alkanes) is 2. The molecule has 0 radical (unpaired) electrons. The summed E-state index contributed by atoms with van der Waals surface area (Å²) < 4.78 is 10.6. The van der Waals surface area contributed by atoms with Crippen molar-refractivity contribution in [2.45, 2.75) is 52.1 Å². The first-order valence-electron chi connectivity index (χ1n) is 4.54. The lowest BCUT2D eigenvalue weighted by molar-refractivity contribution is 0.513. The van der Waals surface area contributed by atoms with Crippen molar-refractivity contribution in [2.75, 3.05) is 0 Å². The third-order valence-electron chi connectivity index (χ3n) is 2.01. The van der Waals surface area contributed by atoms with Gasteiger partial charge in [-0.2, -0.15) is 0 Å². The monoisotopic (exact) mass is 174 g/mol. The summed E-state index contributed by atoms with van der Waals surface area (Å²) in [5, 5.41) is 0. The van der Waals surface area contributed by atoms with Gasteiger partial charge < -0.3 is 0 Å². The van der Waals surface area contributed by atoms with Gasteiger partial charge in [0, 0.05) is 5.66 Å². The van der Waals surface area contributed by atoms with Gasteiger partial charge in [0.25, 0.3) is 0 Å². The molecule has 1 unspecified atom stereocenters. The Morgan fingerprint density at radius 3 is 2.27 bits per heavy atom. The first kappa shape index (κ1) is 11.1. The minimum absolute atomic E-state index is 0.334. The molecule has 0 bridgehead atoms. The molecule has 0 rings (SSSR count). The summed E-state index contributed by atoms with van der Waals surface area (Å²) in [6.45, 7) is 6.47. The summed E-state index contributed by atoms with van der Waals surface area (Å²) in [7, 11) is 0.334. The Morgan fingerprint density at radius 1 is 1.27 bits per heavy atom. The van der Waals surface area contributed by atoms with Gasteiger partial charge in [-0.05, 0) is 12.3 Å². The first-order valence-corrected chi connectivity index (χ1v) is 5.43. The quantitative estimate of drug-likeness (QED) is 0.441. The lowest BCUT2D eigenvalue weighted by Crippen LogP contribution is -2.07. The second kappa shape index (κ2) is 6.79. The fourth-order valence-electron chi connectivity index (χ4n) is 1.11. The van der Waals surface area contributed by atoms with Crippen LogP contribution >= 0.6 is 8.46 Å². The summed E-state index contributed by atoms with van der Waals surface area (Å²) in [6, 6.07) is 0. The molecule has 0 N–H and O–H groups in total. The van der Waals surface area contributed by atoms with Crippen LogP contribution in [0.4, 0.5) is 0 Å². The predicted molar refractivity (Wildman–Crippen MR) is 50.4 cm³/mol. The van der Waals surface area contributed by atoms with Gasteiger partial charge in [-0.25, -0.2) is 0 Å². The number of hydrogen-bond acceptors (Lipinski definition) is 1. The van der Waals surface area contributed by atoms with E-state index in [4.69, 9.17) is 0 Å². The topological polar surface area (TPSA) is 17.1 Å². The average molecular weight is 174 g/mol. The molecule has 1 atom stereocenters. The van der Waals surface area contributed by atoms with E-state index in [1.54, 1.807) is 0 Å². The highest BCUT2D eigenvalue weighted by Gasteiger charge is 2.11. The van der Waals surface area contributed by atoms with E-state index >= 15 is 0 Å². The second-order valence-corrected chi connectivity index (χ2v) is 4.29. The highest BCUT2D eigenvalue weighted by Crippen LogP contribution is 2.22. The van der Waals surface area contributed by atoms with Gasteiger partial charge in [0.05, 0.1) is 0 Å². The maximum Gasteiger partial charge on any atom is 0.158 e.